The average molecular weight is 338 g/mol. The van der Waals surface area contributed by atoms with Gasteiger partial charge in [-0.2, -0.15) is 0 Å². The number of H-pyrrole nitrogens is 1. The van der Waals surface area contributed by atoms with E-state index in [1.54, 1.807) is 0 Å². The molecule has 3 nitrogen and oxygen atoms in total. The van der Waals surface area contributed by atoms with Gasteiger partial charge in [0.15, 0.2) is 0 Å². The number of nitrogens with one attached hydrogen (secondary N) is 1. The van der Waals surface area contributed by atoms with Crippen molar-refractivity contribution in [3.63, 3.8) is 0 Å². The van der Waals surface area contributed by atoms with E-state index in [4.69, 9.17) is 4.74 Å². The first-order valence-electron chi connectivity index (χ1n) is 8.53. The van der Waals surface area contributed by atoms with Crippen LogP contribution in [0.25, 0.3) is 22.2 Å². The van der Waals surface area contributed by atoms with Crippen LogP contribution in [0, 0.1) is 0 Å². The highest BCUT2D eigenvalue weighted by Gasteiger charge is 2.17. The molecule has 2 heterocycles. The lowest BCUT2D eigenvalue weighted by molar-refractivity contribution is 0.123. The van der Waals surface area contributed by atoms with Crippen molar-refractivity contribution in [3.05, 3.63) is 48.5 Å². The number of nitrogens with zero attached hydrogens (tertiary/aromatic N) is 1. The number of aromatic amines is 1. The van der Waals surface area contributed by atoms with Crippen molar-refractivity contribution in [2.24, 2.45) is 0 Å². The van der Waals surface area contributed by atoms with Crippen LogP contribution in [0.5, 0.6) is 0 Å². The predicted molar refractivity (Wildman–Crippen MR) is 103 cm³/mol. The third-order valence-corrected chi connectivity index (χ3v) is 5.33. The second-order valence-electron chi connectivity index (χ2n) is 5.98. The molecular weight excluding hydrogens is 316 g/mol. The smallest absolute Gasteiger partial charge is 0.0642 e. The molecule has 24 heavy (non-hydrogen) atoms. The van der Waals surface area contributed by atoms with Crippen molar-refractivity contribution in [2.45, 2.75) is 11.8 Å². The fourth-order valence-electron chi connectivity index (χ4n) is 3.29. The van der Waals surface area contributed by atoms with E-state index in [1.807, 2.05) is 11.8 Å². The van der Waals surface area contributed by atoms with Gasteiger partial charge in [-0.1, -0.05) is 25.1 Å². The first kappa shape index (κ1) is 15.6. The average Bonchev–Trinajstić information content (AvgIpc) is 3.07. The Kier molecular flexibility index (Phi) is 4.50. The maximum atomic E-state index is 5.52. The van der Waals surface area contributed by atoms with Crippen LogP contribution in [0.4, 0.5) is 5.69 Å². The van der Waals surface area contributed by atoms with E-state index in [-0.39, 0.29) is 0 Å². The van der Waals surface area contributed by atoms with Gasteiger partial charge in [0.1, 0.15) is 0 Å². The minimum atomic E-state index is 0.803. The number of rotatable bonds is 4. The lowest BCUT2D eigenvalue weighted by Crippen LogP contribution is -2.36. The Morgan fingerprint density at radius 1 is 1.08 bits per heavy atom. The molecule has 1 aliphatic rings. The molecule has 4 rings (SSSR count). The highest BCUT2D eigenvalue weighted by Crippen LogP contribution is 2.36. The molecule has 0 aliphatic carbocycles. The van der Waals surface area contributed by atoms with E-state index in [2.05, 4.69) is 65.3 Å². The van der Waals surface area contributed by atoms with E-state index in [0.717, 1.165) is 32.1 Å². The molecule has 1 fully saturated rings. The molecule has 0 radical (unpaired) electrons. The van der Waals surface area contributed by atoms with E-state index >= 15 is 0 Å². The summed E-state index contributed by atoms with van der Waals surface area (Å²) in [5.41, 5.74) is 4.96. The Morgan fingerprint density at radius 3 is 2.71 bits per heavy atom. The van der Waals surface area contributed by atoms with E-state index in [0.29, 0.717) is 0 Å². The predicted octanol–water partition coefficient (Wildman–Crippen LogP) is 4.78. The summed E-state index contributed by atoms with van der Waals surface area (Å²) in [5, 5.41) is 1.26. The quantitative estimate of drug-likeness (QED) is 0.694. The van der Waals surface area contributed by atoms with Crippen LogP contribution in [0.2, 0.25) is 0 Å². The molecule has 124 valence electrons. The third-order valence-electron chi connectivity index (χ3n) is 4.45. The third kappa shape index (κ3) is 3.04. The van der Waals surface area contributed by atoms with Gasteiger partial charge in [-0.3, -0.25) is 0 Å². The molecule has 0 atom stereocenters. The number of aromatic nitrogens is 1. The summed E-state index contributed by atoms with van der Waals surface area (Å²) in [5.74, 6) is 1.09. The van der Waals surface area contributed by atoms with Gasteiger partial charge in [-0.25, -0.2) is 0 Å². The summed E-state index contributed by atoms with van der Waals surface area (Å²) < 4.78 is 5.52. The molecular formula is C20H22N2OS. The number of thioether (sulfide) groups is 1. The minimum Gasteiger partial charge on any atom is -0.378 e. The molecule has 0 saturated carbocycles. The number of morpholine rings is 1. The first-order valence-corrected chi connectivity index (χ1v) is 9.51. The zero-order chi connectivity index (χ0) is 16.4. The van der Waals surface area contributed by atoms with Crippen LogP contribution in [0.1, 0.15) is 6.92 Å². The molecule has 3 aromatic rings. The van der Waals surface area contributed by atoms with Crippen LogP contribution in [0.3, 0.4) is 0 Å². The maximum absolute atomic E-state index is 5.52. The summed E-state index contributed by atoms with van der Waals surface area (Å²) in [6, 6.07) is 17.6. The molecule has 1 aliphatic heterocycles. The van der Waals surface area contributed by atoms with Crippen molar-refractivity contribution in [3.8, 4) is 11.3 Å². The van der Waals surface area contributed by atoms with E-state index in [9.17, 15) is 0 Å². The number of benzene rings is 2. The Bertz CT molecular complexity index is 804. The standard InChI is InChI=1S/C20H22N2OS/c1-2-24-16-7-8-20(22-9-11-23-12-10-22)17(14-16)19-13-15-5-3-4-6-18(15)21-19/h3-8,13-14,21H,2,9-12H2,1H3. The van der Waals surface area contributed by atoms with Gasteiger partial charge in [0.2, 0.25) is 0 Å². The van der Waals surface area contributed by atoms with Crippen LogP contribution in [-0.2, 0) is 4.74 Å². The van der Waals surface area contributed by atoms with Gasteiger partial charge < -0.3 is 14.6 Å². The number of anilines is 1. The number of fused-ring (bicyclic) bond motifs is 1. The summed E-state index contributed by atoms with van der Waals surface area (Å²) in [6.45, 7) is 5.71. The lowest BCUT2D eigenvalue weighted by atomic mass is 10.1. The maximum Gasteiger partial charge on any atom is 0.0642 e. The zero-order valence-corrected chi connectivity index (χ0v) is 14.7. The van der Waals surface area contributed by atoms with Gasteiger partial charge in [0, 0.05) is 45.8 Å². The van der Waals surface area contributed by atoms with E-state index < -0.39 is 0 Å². The fourth-order valence-corrected chi connectivity index (χ4v) is 3.98. The monoisotopic (exact) mass is 338 g/mol. The zero-order valence-electron chi connectivity index (χ0n) is 13.9. The van der Waals surface area contributed by atoms with Crippen molar-refractivity contribution in [1.29, 1.82) is 0 Å². The van der Waals surface area contributed by atoms with Gasteiger partial charge >= 0.3 is 0 Å². The van der Waals surface area contributed by atoms with Crippen molar-refractivity contribution < 1.29 is 4.74 Å². The van der Waals surface area contributed by atoms with Crippen LogP contribution in [0.15, 0.2) is 53.4 Å². The molecule has 1 N–H and O–H groups in total. The number of ether oxygens (including phenoxy) is 1. The fraction of sp³-hybridized carbons (Fsp3) is 0.300. The van der Waals surface area contributed by atoms with Crippen LogP contribution in [-0.4, -0.2) is 37.0 Å². The number of para-hydroxylation sites is 1. The SMILES string of the molecule is CCSc1ccc(N2CCOCC2)c(-c2cc3ccccc3[nH]2)c1. The first-order chi connectivity index (χ1) is 11.8. The Labute approximate surface area is 147 Å². The van der Waals surface area contributed by atoms with E-state index in [1.165, 1.54) is 32.7 Å². The molecule has 0 bridgehead atoms. The second kappa shape index (κ2) is 6.91. The molecule has 0 spiro atoms. The van der Waals surface area contributed by atoms with Crippen molar-refractivity contribution >= 4 is 28.4 Å². The highest BCUT2D eigenvalue weighted by molar-refractivity contribution is 7.99. The summed E-state index contributed by atoms with van der Waals surface area (Å²) in [4.78, 5) is 7.35. The lowest BCUT2D eigenvalue weighted by Gasteiger charge is -2.30. The molecule has 2 aromatic carbocycles. The summed E-state index contributed by atoms with van der Waals surface area (Å²) in [7, 11) is 0. The summed E-state index contributed by atoms with van der Waals surface area (Å²) in [6.07, 6.45) is 0. The van der Waals surface area contributed by atoms with Gasteiger partial charge in [-0.05, 0) is 36.1 Å². The largest absolute Gasteiger partial charge is 0.378 e. The topological polar surface area (TPSA) is 28.3 Å². The van der Waals surface area contributed by atoms with Crippen LogP contribution >= 0.6 is 11.8 Å². The van der Waals surface area contributed by atoms with Crippen molar-refractivity contribution in [2.75, 3.05) is 37.0 Å². The molecule has 1 saturated heterocycles. The Hall–Kier alpha value is -1.91. The van der Waals surface area contributed by atoms with Gasteiger partial charge in [-0.15, -0.1) is 11.8 Å². The molecule has 0 unspecified atom stereocenters. The normalized spacial score (nSPS) is 15.1. The number of hydrogen-bond donors (Lipinski definition) is 1. The van der Waals surface area contributed by atoms with Gasteiger partial charge in [0.25, 0.3) is 0 Å². The molecule has 1 aromatic heterocycles. The molecule has 4 heteroatoms. The Morgan fingerprint density at radius 2 is 1.92 bits per heavy atom. The molecule has 0 amide bonds. The highest BCUT2D eigenvalue weighted by atomic mass is 32.2. The van der Waals surface area contributed by atoms with Crippen LogP contribution < -0.4 is 4.90 Å². The second-order valence-corrected chi connectivity index (χ2v) is 7.32. The van der Waals surface area contributed by atoms with Crippen molar-refractivity contribution in [1.82, 2.24) is 4.98 Å². The Balaban J connectivity index is 1.81. The summed E-state index contributed by atoms with van der Waals surface area (Å²) >= 11 is 1.89. The number of hydrogen-bond acceptors (Lipinski definition) is 3. The van der Waals surface area contributed by atoms with Gasteiger partial charge in [0.05, 0.1) is 13.2 Å². The minimum absolute atomic E-state index is 0.803.